The van der Waals surface area contributed by atoms with Gasteiger partial charge in [-0.1, -0.05) is 21.1 Å². The average molecular weight is 367 g/mol. The normalized spacial score (nSPS) is 11.8. The van der Waals surface area contributed by atoms with Crippen LogP contribution in [0.25, 0.3) is 0 Å². The zero-order valence-electron chi connectivity index (χ0n) is 12.3. The van der Waals surface area contributed by atoms with Crippen molar-refractivity contribution in [2.24, 2.45) is 0 Å². The van der Waals surface area contributed by atoms with Crippen molar-refractivity contribution in [3.8, 4) is 0 Å². The molecule has 0 bridgehead atoms. The maximum Gasteiger partial charge on any atom is 0.344 e. The highest BCUT2D eigenvalue weighted by Crippen LogP contribution is 2.16. The Balaban J connectivity index is 1.99. The summed E-state index contributed by atoms with van der Waals surface area (Å²) in [5.41, 5.74) is 1.31. The molecular weight excluding hydrogens is 352 g/mol. The molecule has 1 N–H and O–H groups in total. The molecule has 0 saturated carbocycles. The van der Waals surface area contributed by atoms with Gasteiger partial charge in [-0.05, 0) is 45.0 Å². The van der Waals surface area contributed by atoms with Crippen molar-refractivity contribution >= 4 is 33.5 Å². The molecule has 0 unspecified atom stereocenters. The number of hydrogen-bond donors (Lipinski definition) is 1. The van der Waals surface area contributed by atoms with Crippen molar-refractivity contribution in [1.82, 2.24) is 5.16 Å². The molecule has 0 saturated heterocycles. The van der Waals surface area contributed by atoms with Crippen LogP contribution in [0.2, 0.25) is 0 Å². The number of aromatic nitrogens is 1. The molecule has 6 nitrogen and oxygen atoms in total. The fourth-order valence-corrected chi connectivity index (χ4v) is 2.09. The molecule has 1 atom stereocenters. The molecule has 0 aliphatic rings. The number of amides is 1. The van der Waals surface area contributed by atoms with E-state index in [2.05, 4.69) is 26.4 Å². The lowest BCUT2D eigenvalue weighted by molar-refractivity contribution is -0.123. The van der Waals surface area contributed by atoms with Gasteiger partial charge in [-0.3, -0.25) is 4.79 Å². The van der Waals surface area contributed by atoms with E-state index in [0.29, 0.717) is 17.1 Å². The fourth-order valence-electron chi connectivity index (χ4n) is 1.82. The molecule has 1 heterocycles. The fraction of sp³-hybridized carbons (Fsp3) is 0.267. The van der Waals surface area contributed by atoms with Crippen molar-refractivity contribution in [2.45, 2.75) is 26.9 Å². The van der Waals surface area contributed by atoms with Gasteiger partial charge in [0.05, 0.1) is 5.69 Å². The topological polar surface area (TPSA) is 81.4 Å². The maximum atomic E-state index is 12.1. The van der Waals surface area contributed by atoms with Crippen LogP contribution in [0.3, 0.4) is 0 Å². The van der Waals surface area contributed by atoms with E-state index >= 15 is 0 Å². The van der Waals surface area contributed by atoms with Crippen LogP contribution < -0.4 is 5.32 Å². The number of carbonyl (C=O) groups excluding carboxylic acids is 2. The van der Waals surface area contributed by atoms with Crippen molar-refractivity contribution < 1.29 is 18.8 Å². The second-order valence-electron chi connectivity index (χ2n) is 4.74. The first kappa shape index (κ1) is 16.2. The largest absolute Gasteiger partial charge is 0.449 e. The van der Waals surface area contributed by atoms with Crippen molar-refractivity contribution in [3.05, 3.63) is 45.8 Å². The van der Waals surface area contributed by atoms with Gasteiger partial charge in [0.25, 0.3) is 5.91 Å². The van der Waals surface area contributed by atoms with Crippen LogP contribution in [0, 0.1) is 13.8 Å². The first-order valence-corrected chi connectivity index (χ1v) is 7.38. The van der Waals surface area contributed by atoms with E-state index in [-0.39, 0.29) is 5.56 Å². The molecule has 0 fully saturated rings. The molecule has 0 spiro atoms. The summed E-state index contributed by atoms with van der Waals surface area (Å²) >= 11 is 3.31. The Kier molecular flexibility index (Phi) is 4.97. The molecule has 0 aliphatic carbocycles. The molecule has 0 radical (unpaired) electrons. The average Bonchev–Trinajstić information content (AvgIpc) is 2.80. The van der Waals surface area contributed by atoms with Gasteiger partial charge in [0.15, 0.2) is 6.10 Å². The molecule has 7 heteroatoms. The van der Waals surface area contributed by atoms with Gasteiger partial charge in [-0.2, -0.15) is 0 Å². The van der Waals surface area contributed by atoms with Crippen molar-refractivity contribution in [3.63, 3.8) is 0 Å². The minimum Gasteiger partial charge on any atom is -0.449 e. The quantitative estimate of drug-likeness (QED) is 0.839. The zero-order valence-corrected chi connectivity index (χ0v) is 13.9. The summed E-state index contributed by atoms with van der Waals surface area (Å²) in [6, 6.07) is 7.09. The van der Waals surface area contributed by atoms with Crippen LogP contribution in [0.15, 0.2) is 33.3 Å². The van der Waals surface area contributed by atoms with E-state index in [0.717, 1.165) is 4.47 Å². The van der Waals surface area contributed by atoms with Crippen molar-refractivity contribution in [2.75, 3.05) is 5.32 Å². The van der Waals surface area contributed by atoms with Crippen LogP contribution in [0.5, 0.6) is 0 Å². The summed E-state index contributed by atoms with van der Waals surface area (Å²) in [5, 5.41) is 6.36. The highest BCUT2D eigenvalue weighted by molar-refractivity contribution is 9.10. The number of anilines is 1. The van der Waals surface area contributed by atoms with Gasteiger partial charge in [0.2, 0.25) is 0 Å². The Bertz CT molecular complexity index is 675. The predicted octanol–water partition coefficient (Wildman–Crippen LogP) is 3.24. The van der Waals surface area contributed by atoms with Gasteiger partial charge in [0.1, 0.15) is 11.3 Å². The van der Waals surface area contributed by atoms with Crippen LogP contribution in [0.4, 0.5) is 5.69 Å². The number of benzene rings is 1. The van der Waals surface area contributed by atoms with E-state index in [4.69, 9.17) is 9.26 Å². The lowest BCUT2D eigenvalue weighted by atomic mass is 10.2. The Hall–Kier alpha value is -2.15. The predicted molar refractivity (Wildman–Crippen MR) is 83.6 cm³/mol. The molecule has 22 heavy (non-hydrogen) atoms. The number of nitrogens with zero attached hydrogens (tertiary/aromatic N) is 1. The number of nitrogens with one attached hydrogen (secondary N) is 1. The third-order valence-electron chi connectivity index (χ3n) is 3.00. The summed E-state index contributed by atoms with van der Waals surface area (Å²) in [6.07, 6.45) is -0.940. The molecule has 1 aromatic heterocycles. The van der Waals surface area contributed by atoms with E-state index < -0.39 is 18.0 Å². The number of ether oxygens (including phenoxy) is 1. The van der Waals surface area contributed by atoms with Crippen LogP contribution in [-0.2, 0) is 9.53 Å². The van der Waals surface area contributed by atoms with Gasteiger partial charge < -0.3 is 14.6 Å². The lowest BCUT2D eigenvalue weighted by Gasteiger charge is -2.13. The molecule has 0 aliphatic heterocycles. The number of hydrogen-bond acceptors (Lipinski definition) is 5. The minimum atomic E-state index is -0.940. The molecule has 1 amide bonds. The molecule has 116 valence electrons. The molecule has 2 aromatic rings. The number of halogens is 1. The second kappa shape index (κ2) is 6.74. The van der Waals surface area contributed by atoms with Gasteiger partial charge >= 0.3 is 5.97 Å². The summed E-state index contributed by atoms with van der Waals surface area (Å²) in [6.45, 7) is 4.76. The highest BCUT2D eigenvalue weighted by atomic mass is 79.9. The third kappa shape index (κ3) is 3.73. The summed E-state index contributed by atoms with van der Waals surface area (Å²) < 4.78 is 11.0. The Morgan fingerprint density at radius 3 is 2.45 bits per heavy atom. The number of esters is 1. The van der Waals surface area contributed by atoms with Crippen LogP contribution in [0.1, 0.15) is 28.7 Å². The number of carbonyl (C=O) groups is 2. The Morgan fingerprint density at radius 1 is 1.27 bits per heavy atom. The maximum absolute atomic E-state index is 12.1. The first-order valence-electron chi connectivity index (χ1n) is 6.58. The van der Waals surface area contributed by atoms with Crippen LogP contribution >= 0.6 is 15.9 Å². The number of rotatable bonds is 4. The highest BCUT2D eigenvalue weighted by Gasteiger charge is 2.24. The SMILES string of the molecule is Cc1noc(C)c1C(=O)O[C@@H](C)C(=O)Nc1ccc(Br)cc1. The summed E-state index contributed by atoms with van der Waals surface area (Å²) in [4.78, 5) is 24.1. The zero-order chi connectivity index (χ0) is 16.3. The van der Waals surface area contributed by atoms with Gasteiger partial charge in [-0.25, -0.2) is 4.79 Å². The Morgan fingerprint density at radius 2 is 1.91 bits per heavy atom. The monoisotopic (exact) mass is 366 g/mol. The van der Waals surface area contributed by atoms with E-state index in [1.807, 2.05) is 0 Å². The van der Waals surface area contributed by atoms with Crippen molar-refractivity contribution in [1.29, 1.82) is 0 Å². The minimum absolute atomic E-state index is 0.253. The standard InChI is InChI=1S/C15H15BrN2O4/c1-8-13(9(2)22-18-8)15(20)21-10(3)14(19)17-12-6-4-11(16)5-7-12/h4-7,10H,1-3H3,(H,17,19)/t10-/m0/s1. The lowest BCUT2D eigenvalue weighted by Crippen LogP contribution is -2.30. The van der Waals surface area contributed by atoms with E-state index in [9.17, 15) is 9.59 Å². The smallest absolute Gasteiger partial charge is 0.344 e. The van der Waals surface area contributed by atoms with Gasteiger partial charge in [0, 0.05) is 10.2 Å². The summed E-state index contributed by atoms with van der Waals surface area (Å²) in [7, 11) is 0. The third-order valence-corrected chi connectivity index (χ3v) is 3.53. The first-order chi connectivity index (χ1) is 10.4. The number of aryl methyl sites for hydroxylation is 2. The molecule has 2 rings (SSSR count). The molecular formula is C15H15BrN2O4. The van der Waals surface area contributed by atoms with Crippen LogP contribution in [-0.4, -0.2) is 23.1 Å². The second-order valence-corrected chi connectivity index (χ2v) is 5.66. The summed E-state index contributed by atoms with van der Waals surface area (Å²) in [5.74, 6) is -0.680. The van der Waals surface area contributed by atoms with E-state index in [1.54, 1.807) is 38.1 Å². The van der Waals surface area contributed by atoms with Gasteiger partial charge in [-0.15, -0.1) is 0 Å². The molecule has 1 aromatic carbocycles. The van der Waals surface area contributed by atoms with E-state index in [1.165, 1.54) is 6.92 Å². The Labute approximate surface area is 135 Å².